The number of aryl methyl sites for hydroxylation is 1. The van der Waals surface area contributed by atoms with Gasteiger partial charge in [0.1, 0.15) is 5.75 Å². The normalized spacial score (nSPS) is 14.3. The Kier molecular flexibility index (Phi) is 7.85. The second-order valence-corrected chi connectivity index (χ2v) is 7.65. The highest BCUT2D eigenvalue weighted by atomic mass is 32.1. The molecule has 1 aliphatic rings. The SMILES string of the molecule is O=C(NC(=S)Nc1ccc(OCCCc2ccccc2)cc1)C1CCCCC1. The molecule has 1 saturated carbocycles. The van der Waals surface area contributed by atoms with Gasteiger partial charge in [0.15, 0.2) is 5.11 Å². The van der Waals surface area contributed by atoms with Crippen LogP contribution in [0.4, 0.5) is 5.69 Å². The Morgan fingerprint density at radius 1 is 1.00 bits per heavy atom. The largest absolute Gasteiger partial charge is 0.494 e. The number of anilines is 1. The van der Waals surface area contributed by atoms with Crippen molar-refractivity contribution >= 4 is 28.9 Å². The minimum absolute atomic E-state index is 0.0376. The molecule has 1 aliphatic carbocycles. The maximum absolute atomic E-state index is 12.2. The van der Waals surface area contributed by atoms with Gasteiger partial charge in [-0.25, -0.2) is 0 Å². The molecule has 0 bridgehead atoms. The van der Waals surface area contributed by atoms with E-state index in [0.29, 0.717) is 11.7 Å². The van der Waals surface area contributed by atoms with E-state index in [0.717, 1.165) is 50.0 Å². The lowest BCUT2D eigenvalue weighted by Crippen LogP contribution is -2.38. The molecule has 148 valence electrons. The summed E-state index contributed by atoms with van der Waals surface area (Å²) in [5, 5.41) is 6.25. The van der Waals surface area contributed by atoms with Crippen molar-refractivity contribution in [3.05, 3.63) is 60.2 Å². The van der Waals surface area contributed by atoms with Gasteiger partial charge in [0.05, 0.1) is 6.61 Å². The molecule has 1 amide bonds. The standard InChI is InChI=1S/C23H28N2O2S/c26-22(19-11-5-2-6-12-19)25-23(28)24-20-13-15-21(16-14-20)27-17-7-10-18-8-3-1-4-9-18/h1,3-4,8-9,13-16,19H,2,5-7,10-12,17H2,(H2,24,25,26,28). The number of ether oxygens (including phenoxy) is 1. The number of hydrogen-bond donors (Lipinski definition) is 2. The summed E-state index contributed by atoms with van der Waals surface area (Å²) < 4.78 is 5.80. The summed E-state index contributed by atoms with van der Waals surface area (Å²) in [7, 11) is 0. The monoisotopic (exact) mass is 396 g/mol. The molecule has 2 N–H and O–H groups in total. The minimum atomic E-state index is 0.0376. The Balaban J connectivity index is 1.37. The topological polar surface area (TPSA) is 50.4 Å². The Bertz CT molecular complexity index is 756. The van der Waals surface area contributed by atoms with Crippen molar-refractivity contribution in [2.75, 3.05) is 11.9 Å². The Labute approximate surface area is 172 Å². The molecule has 4 nitrogen and oxygen atoms in total. The first-order chi connectivity index (χ1) is 13.7. The van der Waals surface area contributed by atoms with E-state index in [9.17, 15) is 4.79 Å². The molecule has 0 spiro atoms. The molecule has 0 aliphatic heterocycles. The molecule has 0 saturated heterocycles. The van der Waals surface area contributed by atoms with Crippen LogP contribution in [-0.2, 0) is 11.2 Å². The van der Waals surface area contributed by atoms with Crippen LogP contribution in [0.2, 0.25) is 0 Å². The fourth-order valence-corrected chi connectivity index (χ4v) is 3.71. The van der Waals surface area contributed by atoms with Gasteiger partial charge in [-0.15, -0.1) is 0 Å². The van der Waals surface area contributed by atoms with Crippen LogP contribution in [0, 0.1) is 5.92 Å². The fourth-order valence-electron chi connectivity index (χ4n) is 3.49. The Morgan fingerprint density at radius 2 is 1.71 bits per heavy atom. The van der Waals surface area contributed by atoms with E-state index in [1.165, 1.54) is 12.0 Å². The highest BCUT2D eigenvalue weighted by Gasteiger charge is 2.21. The number of carbonyl (C=O) groups excluding carboxylic acids is 1. The van der Waals surface area contributed by atoms with Crippen molar-refractivity contribution in [1.82, 2.24) is 5.32 Å². The summed E-state index contributed by atoms with van der Waals surface area (Å²) in [6.45, 7) is 0.678. The zero-order valence-corrected chi connectivity index (χ0v) is 17.0. The molecule has 28 heavy (non-hydrogen) atoms. The highest BCUT2D eigenvalue weighted by Crippen LogP contribution is 2.23. The first kappa shape index (κ1) is 20.3. The average Bonchev–Trinajstić information content (AvgIpc) is 2.73. The predicted molar refractivity (Wildman–Crippen MR) is 118 cm³/mol. The van der Waals surface area contributed by atoms with Crippen LogP contribution in [0.1, 0.15) is 44.1 Å². The summed E-state index contributed by atoms with van der Waals surface area (Å²) in [5.41, 5.74) is 2.17. The van der Waals surface area contributed by atoms with Crippen LogP contribution >= 0.6 is 12.2 Å². The number of carbonyl (C=O) groups is 1. The minimum Gasteiger partial charge on any atom is -0.494 e. The third-order valence-electron chi connectivity index (χ3n) is 5.05. The average molecular weight is 397 g/mol. The summed E-state index contributed by atoms with van der Waals surface area (Å²) in [5.74, 6) is 0.964. The van der Waals surface area contributed by atoms with E-state index in [-0.39, 0.29) is 11.8 Å². The molecule has 3 rings (SSSR count). The first-order valence-electron chi connectivity index (χ1n) is 10.1. The van der Waals surface area contributed by atoms with Crippen molar-refractivity contribution < 1.29 is 9.53 Å². The van der Waals surface area contributed by atoms with Gasteiger partial charge in [0, 0.05) is 11.6 Å². The van der Waals surface area contributed by atoms with Crippen LogP contribution in [0.5, 0.6) is 5.75 Å². The van der Waals surface area contributed by atoms with Crippen LogP contribution in [0.15, 0.2) is 54.6 Å². The van der Waals surface area contributed by atoms with Crippen molar-refractivity contribution in [2.45, 2.75) is 44.9 Å². The number of nitrogens with one attached hydrogen (secondary N) is 2. The fraction of sp³-hybridized carbons (Fsp3) is 0.391. The molecule has 0 atom stereocenters. The maximum Gasteiger partial charge on any atom is 0.229 e. The van der Waals surface area contributed by atoms with Gasteiger partial charge in [-0.3, -0.25) is 4.79 Å². The number of thiocarbonyl (C=S) groups is 1. The Morgan fingerprint density at radius 3 is 2.43 bits per heavy atom. The summed E-state index contributed by atoms with van der Waals surface area (Å²) in [4.78, 5) is 12.2. The van der Waals surface area contributed by atoms with Crippen molar-refractivity contribution in [2.24, 2.45) is 5.92 Å². The molecule has 2 aromatic carbocycles. The lowest BCUT2D eigenvalue weighted by atomic mass is 9.89. The van der Waals surface area contributed by atoms with Crippen LogP contribution in [0.25, 0.3) is 0 Å². The van der Waals surface area contributed by atoms with Gasteiger partial charge in [0.25, 0.3) is 0 Å². The Hall–Kier alpha value is -2.40. The quantitative estimate of drug-likeness (QED) is 0.505. The lowest BCUT2D eigenvalue weighted by molar-refractivity contribution is -0.124. The first-order valence-corrected chi connectivity index (χ1v) is 10.5. The van der Waals surface area contributed by atoms with Gasteiger partial charge in [0.2, 0.25) is 5.91 Å². The molecule has 0 radical (unpaired) electrons. The molecule has 0 aromatic heterocycles. The summed E-state index contributed by atoms with van der Waals surface area (Å²) in [6.07, 6.45) is 7.40. The molecule has 0 unspecified atom stereocenters. The van der Waals surface area contributed by atoms with E-state index < -0.39 is 0 Å². The number of hydrogen-bond acceptors (Lipinski definition) is 3. The van der Waals surface area contributed by atoms with E-state index >= 15 is 0 Å². The third kappa shape index (κ3) is 6.64. The number of rotatable bonds is 7. The van der Waals surface area contributed by atoms with E-state index in [1.54, 1.807) is 0 Å². The molecule has 5 heteroatoms. The highest BCUT2D eigenvalue weighted by molar-refractivity contribution is 7.80. The van der Waals surface area contributed by atoms with Gasteiger partial charge < -0.3 is 15.4 Å². The van der Waals surface area contributed by atoms with Gasteiger partial charge in [-0.05, 0) is 67.7 Å². The van der Waals surface area contributed by atoms with E-state index in [2.05, 4.69) is 34.9 Å². The van der Waals surface area contributed by atoms with Crippen molar-refractivity contribution in [3.63, 3.8) is 0 Å². The van der Waals surface area contributed by atoms with Gasteiger partial charge >= 0.3 is 0 Å². The van der Waals surface area contributed by atoms with Crippen LogP contribution < -0.4 is 15.4 Å². The van der Waals surface area contributed by atoms with E-state index in [1.807, 2.05) is 30.3 Å². The van der Waals surface area contributed by atoms with Gasteiger partial charge in [-0.2, -0.15) is 0 Å². The number of amides is 1. The van der Waals surface area contributed by atoms with Crippen LogP contribution in [0.3, 0.4) is 0 Å². The van der Waals surface area contributed by atoms with E-state index in [4.69, 9.17) is 17.0 Å². The van der Waals surface area contributed by atoms with Crippen molar-refractivity contribution in [3.8, 4) is 5.75 Å². The lowest BCUT2D eigenvalue weighted by Gasteiger charge is -2.21. The second kappa shape index (κ2) is 10.8. The summed E-state index contributed by atoms with van der Waals surface area (Å²) >= 11 is 5.27. The molecular weight excluding hydrogens is 368 g/mol. The van der Waals surface area contributed by atoms with Crippen LogP contribution in [-0.4, -0.2) is 17.6 Å². The smallest absolute Gasteiger partial charge is 0.229 e. The molecule has 2 aromatic rings. The zero-order valence-electron chi connectivity index (χ0n) is 16.2. The predicted octanol–water partition coefficient (Wildman–Crippen LogP) is 5.09. The number of benzene rings is 2. The molecular formula is C23H28N2O2S. The zero-order chi connectivity index (χ0) is 19.6. The molecule has 0 heterocycles. The van der Waals surface area contributed by atoms with Crippen molar-refractivity contribution in [1.29, 1.82) is 0 Å². The summed E-state index contributed by atoms with van der Waals surface area (Å²) in [6, 6.07) is 18.1. The molecule has 1 fully saturated rings. The van der Waals surface area contributed by atoms with Gasteiger partial charge in [-0.1, -0.05) is 49.6 Å². The second-order valence-electron chi connectivity index (χ2n) is 7.24. The maximum atomic E-state index is 12.2. The third-order valence-corrected chi connectivity index (χ3v) is 5.25.